The number of morpholine rings is 1. The molecule has 1 aliphatic rings. The van der Waals surface area contributed by atoms with Crippen molar-refractivity contribution in [3.8, 4) is 0 Å². The Balaban J connectivity index is 2.22. The van der Waals surface area contributed by atoms with Crippen LogP contribution >= 0.6 is 11.6 Å². The second kappa shape index (κ2) is 4.26. The van der Waals surface area contributed by atoms with E-state index in [1.807, 2.05) is 0 Å². The van der Waals surface area contributed by atoms with Gasteiger partial charge >= 0.3 is 0 Å². The van der Waals surface area contributed by atoms with E-state index in [0.29, 0.717) is 23.8 Å². The molecule has 1 aliphatic heterocycles. The van der Waals surface area contributed by atoms with Crippen LogP contribution in [-0.2, 0) is 4.74 Å². The molecule has 0 radical (unpaired) electrons. The lowest BCUT2D eigenvalue weighted by atomic mass is 10.1. The highest BCUT2D eigenvalue weighted by molar-refractivity contribution is 6.30. The number of ether oxygens (including phenoxy) is 1. The van der Waals surface area contributed by atoms with E-state index in [4.69, 9.17) is 16.3 Å². The number of rotatable bonds is 1. The van der Waals surface area contributed by atoms with Crippen LogP contribution in [0.5, 0.6) is 0 Å². The summed E-state index contributed by atoms with van der Waals surface area (Å²) in [5.74, 6) is -0.277. The Hall–Kier alpha value is -0.640. The standard InChI is InChI=1S/C10H11ClFNO/c11-7-1-2-8(9(12)5-7)10-6-14-4-3-13-10/h1-2,5,10,13H,3-4,6H2/t10-/m1/s1. The van der Waals surface area contributed by atoms with E-state index in [2.05, 4.69) is 5.32 Å². The zero-order valence-electron chi connectivity index (χ0n) is 7.59. The molecule has 14 heavy (non-hydrogen) atoms. The maximum absolute atomic E-state index is 13.5. The number of hydrogen-bond acceptors (Lipinski definition) is 2. The van der Waals surface area contributed by atoms with Crippen LogP contribution in [0.2, 0.25) is 5.02 Å². The zero-order chi connectivity index (χ0) is 9.97. The van der Waals surface area contributed by atoms with E-state index in [1.165, 1.54) is 6.07 Å². The molecule has 0 spiro atoms. The van der Waals surface area contributed by atoms with Gasteiger partial charge in [-0.2, -0.15) is 0 Å². The number of nitrogens with one attached hydrogen (secondary N) is 1. The van der Waals surface area contributed by atoms with Crippen molar-refractivity contribution < 1.29 is 9.13 Å². The molecule has 0 aliphatic carbocycles. The van der Waals surface area contributed by atoms with Gasteiger partial charge in [-0.15, -0.1) is 0 Å². The second-order valence-corrected chi connectivity index (χ2v) is 3.68. The first-order valence-corrected chi connectivity index (χ1v) is 4.91. The maximum atomic E-state index is 13.5. The van der Waals surface area contributed by atoms with Gasteiger partial charge in [0, 0.05) is 17.1 Å². The van der Waals surface area contributed by atoms with Crippen molar-refractivity contribution >= 4 is 11.6 Å². The van der Waals surface area contributed by atoms with Crippen molar-refractivity contribution in [2.24, 2.45) is 0 Å². The third-order valence-electron chi connectivity index (χ3n) is 2.26. The fourth-order valence-electron chi connectivity index (χ4n) is 1.55. The minimum atomic E-state index is -0.277. The van der Waals surface area contributed by atoms with Gasteiger partial charge < -0.3 is 10.1 Å². The Kier molecular flexibility index (Phi) is 3.01. The molecule has 2 rings (SSSR count). The van der Waals surface area contributed by atoms with Gasteiger partial charge in [0.1, 0.15) is 5.82 Å². The molecule has 1 aromatic carbocycles. The molecular weight excluding hydrogens is 205 g/mol. The zero-order valence-corrected chi connectivity index (χ0v) is 8.35. The lowest BCUT2D eigenvalue weighted by molar-refractivity contribution is 0.0757. The Morgan fingerprint density at radius 1 is 1.50 bits per heavy atom. The smallest absolute Gasteiger partial charge is 0.129 e. The second-order valence-electron chi connectivity index (χ2n) is 3.25. The Labute approximate surface area is 87.0 Å². The first-order chi connectivity index (χ1) is 6.77. The SMILES string of the molecule is Fc1cc(Cl)ccc1[C@H]1COCCN1. The summed E-state index contributed by atoms with van der Waals surface area (Å²) < 4.78 is 18.7. The van der Waals surface area contributed by atoms with E-state index < -0.39 is 0 Å². The van der Waals surface area contributed by atoms with Crippen LogP contribution in [0.4, 0.5) is 4.39 Å². The predicted octanol–water partition coefficient (Wildman–Crippen LogP) is 2.14. The van der Waals surface area contributed by atoms with Crippen molar-refractivity contribution in [3.05, 3.63) is 34.6 Å². The third kappa shape index (κ3) is 2.05. The van der Waals surface area contributed by atoms with Crippen LogP contribution in [0.1, 0.15) is 11.6 Å². The van der Waals surface area contributed by atoms with Crippen LogP contribution in [0.15, 0.2) is 18.2 Å². The number of hydrogen-bond donors (Lipinski definition) is 1. The molecule has 0 saturated carbocycles. The third-order valence-corrected chi connectivity index (χ3v) is 2.49. The first-order valence-electron chi connectivity index (χ1n) is 4.53. The largest absolute Gasteiger partial charge is 0.378 e. The fourth-order valence-corrected chi connectivity index (χ4v) is 1.71. The summed E-state index contributed by atoms with van der Waals surface area (Å²) >= 11 is 5.66. The van der Waals surface area contributed by atoms with Crippen molar-refractivity contribution in [2.45, 2.75) is 6.04 Å². The molecule has 1 N–H and O–H groups in total. The molecule has 4 heteroatoms. The Bertz CT molecular complexity index is 326. The summed E-state index contributed by atoms with van der Waals surface area (Å²) in [6, 6.07) is 4.66. The van der Waals surface area contributed by atoms with E-state index in [0.717, 1.165) is 6.54 Å². The molecule has 0 aromatic heterocycles. The predicted molar refractivity (Wildman–Crippen MR) is 53.0 cm³/mol. The van der Waals surface area contributed by atoms with Crippen LogP contribution < -0.4 is 5.32 Å². The van der Waals surface area contributed by atoms with Gasteiger partial charge in [-0.25, -0.2) is 4.39 Å². The summed E-state index contributed by atoms with van der Waals surface area (Å²) in [5, 5.41) is 3.61. The van der Waals surface area contributed by atoms with Crippen LogP contribution in [0.3, 0.4) is 0 Å². The van der Waals surface area contributed by atoms with E-state index in [-0.39, 0.29) is 11.9 Å². The van der Waals surface area contributed by atoms with Crippen molar-refractivity contribution in [3.63, 3.8) is 0 Å². The average molecular weight is 216 g/mol. The molecule has 1 saturated heterocycles. The Morgan fingerprint density at radius 2 is 2.36 bits per heavy atom. The molecule has 76 valence electrons. The molecule has 2 nitrogen and oxygen atoms in total. The monoisotopic (exact) mass is 215 g/mol. The van der Waals surface area contributed by atoms with Crippen molar-refractivity contribution in [1.82, 2.24) is 5.32 Å². The van der Waals surface area contributed by atoms with Crippen LogP contribution in [-0.4, -0.2) is 19.8 Å². The first kappa shape index (κ1) is 9.90. The molecule has 0 amide bonds. The summed E-state index contributed by atoms with van der Waals surface area (Å²) in [5.41, 5.74) is 0.620. The van der Waals surface area contributed by atoms with Gasteiger partial charge in [0.2, 0.25) is 0 Å². The molecule has 0 unspecified atom stereocenters. The minimum absolute atomic E-state index is 0.0546. The average Bonchev–Trinajstić information content (AvgIpc) is 2.19. The summed E-state index contributed by atoms with van der Waals surface area (Å²) in [6.07, 6.45) is 0. The minimum Gasteiger partial charge on any atom is -0.378 e. The molecule has 1 atom stereocenters. The lowest BCUT2D eigenvalue weighted by Gasteiger charge is -2.24. The molecule has 1 heterocycles. The fraction of sp³-hybridized carbons (Fsp3) is 0.400. The number of benzene rings is 1. The summed E-state index contributed by atoms with van der Waals surface area (Å²) in [4.78, 5) is 0. The van der Waals surface area contributed by atoms with E-state index >= 15 is 0 Å². The quantitative estimate of drug-likeness (QED) is 0.775. The van der Waals surface area contributed by atoms with Gasteiger partial charge in [-0.05, 0) is 12.1 Å². The molecule has 1 aromatic rings. The summed E-state index contributed by atoms with van der Waals surface area (Å²) in [7, 11) is 0. The maximum Gasteiger partial charge on any atom is 0.129 e. The van der Waals surface area contributed by atoms with Gasteiger partial charge in [-0.1, -0.05) is 17.7 Å². The molecule has 0 bridgehead atoms. The molecule has 1 fully saturated rings. The van der Waals surface area contributed by atoms with E-state index in [1.54, 1.807) is 12.1 Å². The van der Waals surface area contributed by atoms with Gasteiger partial charge in [-0.3, -0.25) is 0 Å². The van der Waals surface area contributed by atoms with Crippen molar-refractivity contribution in [2.75, 3.05) is 19.8 Å². The van der Waals surface area contributed by atoms with Crippen LogP contribution in [0.25, 0.3) is 0 Å². The lowest BCUT2D eigenvalue weighted by Crippen LogP contribution is -2.35. The Morgan fingerprint density at radius 3 is 3.00 bits per heavy atom. The van der Waals surface area contributed by atoms with E-state index in [9.17, 15) is 4.39 Å². The van der Waals surface area contributed by atoms with Crippen LogP contribution in [0, 0.1) is 5.82 Å². The van der Waals surface area contributed by atoms with Crippen molar-refractivity contribution in [1.29, 1.82) is 0 Å². The number of halogens is 2. The summed E-state index contributed by atoms with van der Waals surface area (Å²) in [6.45, 7) is 1.96. The normalized spacial score (nSPS) is 22.3. The van der Waals surface area contributed by atoms with Gasteiger partial charge in [0.15, 0.2) is 0 Å². The van der Waals surface area contributed by atoms with Gasteiger partial charge in [0.05, 0.1) is 19.3 Å². The highest BCUT2D eigenvalue weighted by atomic mass is 35.5. The highest BCUT2D eigenvalue weighted by Gasteiger charge is 2.18. The highest BCUT2D eigenvalue weighted by Crippen LogP contribution is 2.22. The topological polar surface area (TPSA) is 21.3 Å². The molecular formula is C10H11ClFNO. The van der Waals surface area contributed by atoms with Gasteiger partial charge in [0.25, 0.3) is 0 Å².